The normalized spacial score (nSPS) is 19.6. The third-order valence-electron chi connectivity index (χ3n) is 6.05. The van der Waals surface area contributed by atoms with Crippen LogP contribution in [0.5, 0.6) is 0 Å². The number of ether oxygens (including phenoxy) is 1. The average molecular weight is 364 g/mol. The Kier molecular flexibility index (Phi) is 4.83. The van der Waals surface area contributed by atoms with Crippen molar-refractivity contribution in [1.82, 2.24) is 4.98 Å². The van der Waals surface area contributed by atoms with E-state index in [1.807, 2.05) is 0 Å². The number of aliphatic hydroxyl groups is 1. The number of benzene rings is 2. The van der Waals surface area contributed by atoms with Crippen molar-refractivity contribution in [3.63, 3.8) is 0 Å². The van der Waals surface area contributed by atoms with Gasteiger partial charge in [-0.2, -0.15) is 0 Å². The van der Waals surface area contributed by atoms with Gasteiger partial charge in [-0.3, -0.25) is 0 Å². The molecule has 0 saturated carbocycles. The van der Waals surface area contributed by atoms with Gasteiger partial charge in [-0.25, -0.2) is 0 Å². The second-order valence-electron chi connectivity index (χ2n) is 7.91. The van der Waals surface area contributed by atoms with Crippen molar-refractivity contribution in [2.75, 3.05) is 13.2 Å². The van der Waals surface area contributed by atoms with Gasteiger partial charge in [0.05, 0.1) is 12.3 Å². The molecule has 2 heterocycles. The Hall–Kier alpha value is -2.10. The Morgan fingerprint density at radius 1 is 1.15 bits per heavy atom. The Morgan fingerprint density at radius 2 is 1.93 bits per heavy atom. The maximum absolute atomic E-state index is 9.66. The van der Waals surface area contributed by atoms with Crippen LogP contribution in [0.2, 0.25) is 0 Å². The summed E-state index contributed by atoms with van der Waals surface area (Å²) in [5.74, 6) is 0.422. The molecule has 0 fully saturated rings. The van der Waals surface area contributed by atoms with Crippen LogP contribution >= 0.6 is 0 Å². The fraction of sp³-hybridized carbons (Fsp3) is 0.417. The fourth-order valence-corrected chi connectivity index (χ4v) is 4.53. The summed E-state index contributed by atoms with van der Waals surface area (Å²) in [6, 6.07) is 15.3. The van der Waals surface area contributed by atoms with Crippen molar-refractivity contribution in [2.24, 2.45) is 0 Å². The first-order chi connectivity index (χ1) is 13.1. The summed E-state index contributed by atoms with van der Waals surface area (Å²) in [6.07, 6.45) is 2.40. The molecular formula is C24H29NO2. The van der Waals surface area contributed by atoms with E-state index in [0.717, 1.165) is 12.8 Å². The summed E-state index contributed by atoms with van der Waals surface area (Å²) in [4.78, 5) is 3.74. The van der Waals surface area contributed by atoms with Gasteiger partial charge in [0.15, 0.2) is 0 Å². The highest BCUT2D eigenvalue weighted by Gasteiger charge is 2.38. The minimum absolute atomic E-state index is 0.134. The molecule has 1 aliphatic heterocycles. The van der Waals surface area contributed by atoms with Crippen LogP contribution in [0.25, 0.3) is 22.0 Å². The molecule has 0 bridgehead atoms. The van der Waals surface area contributed by atoms with Crippen LogP contribution in [-0.2, 0) is 16.8 Å². The van der Waals surface area contributed by atoms with E-state index >= 15 is 0 Å². The van der Waals surface area contributed by atoms with Gasteiger partial charge in [0, 0.05) is 23.9 Å². The number of rotatable bonds is 5. The van der Waals surface area contributed by atoms with Gasteiger partial charge in [-0.05, 0) is 53.1 Å². The number of fused-ring (bicyclic) bond motifs is 3. The van der Waals surface area contributed by atoms with E-state index in [-0.39, 0.29) is 6.61 Å². The quantitative estimate of drug-likeness (QED) is 0.627. The number of aromatic nitrogens is 1. The van der Waals surface area contributed by atoms with Crippen molar-refractivity contribution < 1.29 is 9.84 Å². The van der Waals surface area contributed by atoms with Crippen LogP contribution in [0.4, 0.5) is 0 Å². The van der Waals surface area contributed by atoms with Gasteiger partial charge in [0.1, 0.15) is 5.60 Å². The Labute approximate surface area is 161 Å². The van der Waals surface area contributed by atoms with Crippen molar-refractivity contribution in [2.45, 2.75) is 51.6 Å². The molecule has 4 rings (SSSR count). The molecule has 0 aliphatic carbocycles. The van der Waals surface area contributed by atoms with E-state index in [2.05, 4.69) is 68.2 Å². The van der Waals surface area contributed by atoms with Gasteiger partial charge in [0.2, 0.25) is 0 Å². The molecule has 1 atom stereocenters. The zero-order chi connectivity index (χ0) is 19.0. The van der Waals surface area contributed by atoms with E-state index in [1.165, 1.54) is 38.9 Å². The summed E-state index contributed by atoms with van der Waals surface area (Å²) >= 11 is 0. The molecular weight excluding hydrogens is 334 g/mol. The van der Waals surface area contributed by atoms with Crippen LogP contribution in [0.3, 0.4) is 0 Å². The van der Waals surface area contributed by atoms with Crippen molar-refractivity contribution >= 4 is 10.9 Å². The predicted molar refractivity (Wildman–Crippen MR) is 111 cm³/mol. The molecule has 142 valence electrons. The number of hydrogen-bond acceptors (Lipinski definition) is 2. The lowest BCUT2D eigenvalue weighted by molar-refractivity contribution is -0.0795. The molecule has 0 radical (unpaired) electrons. The molecule has 0 saturated heterocycles. The molecule has 0 spiro atoms. The van der Waals surface area contributed by atoms with Gasteiger partial charge >= 0.3 is 0 Å². The first kappa shape index (κ1) is 18.3. The summed E-state index contributed by atoms with van der Waals surface area (Å²) in [6.45, 7) is 7.49. The van der Waals surface area contributed by atoms with E-state index in [4.69, 9.17) is 4.74 Å². The highest BCUT2D eigenvalue weighted by molar-refractivity contribution is 5.92. The van der Waals surface area contributed by atoms with Crippen molar-refractivity contribution in [3.05, 3.63) is 59.3 Å². The Bertz CT molecular complexity index is 942. The predicted octanol–water partition coefficient (Wildman–Crippen LogP) is 5.52. The molecule has 1 aliphatic rings. The van der Waals surface area contributed by atoms with Gasteiger partial charge < -0.3 is 14.8 Å². The Morgan fingerprint density at radius 3 is 2.59 bits per heavy atom. The van der Waals surface area contributed by atoms with Gasteiger partial charge in [-0.15, -0.1) is 0 Å². The largest absolute Gasteiger partial charge is 0.396 e. The van der Waals surface area contributed by atoms with Crippen LogP contribution < -0.4 is 0 Å². The van der Waals surface area contributed by atoms with Crippen LogP contribution in [0.15, 0.2) is 42.5 Å². The van der Waals surface area contributed by atoms with E-state index in [1.54, 1.807) is 0 Å². The van der Waals surface area contributed by atoms with E-state index < -0.39 is 5.60 Å². The SMILES string of the molecule is CCC1(CCO)OCCc2c1[nH]c1c(C(C)C)cc(-c3ccccc3)cc21. The first-order valence-corrected chi connectivity index (χ1v) is 10.1. The third-order valence-corrected chi connectivity index (χ3v) is 6.05. The second-order valence-corrected chi connectivity index (χ2v) is 7.91. The topological polar surface area (TPSA) is 45.2 Å². The zero-order valence-electron chi connectivity index (χ0n) is 16.5. The average Bonchev–Trinajstić information content (AvgIpc) is 3.08. The zero-order valence-corrected chi connectivity index (χ0v) is 16.5. The molecule has 2 N–H and O–H groups in total. The second kappa shape index (κ2) is 7.14. The van der Waals surface area contributed by atoms with Crippen LogP contribution in [0.1, 0.15) is 56.4 Å². The molecule has 3 aromatic rings. The summed E-state index contributed by atoms with van der Waals surface area (Å²) in [7, 11) is 0. The molecule has 2 aromatic carbocycles. The van der Waals surface area contributed by atoms with Gasteiger partial charge in [-0.1, -0.05) is 51.1 Å². The number of H-pyrrole nitrogens is 1. The van der Waals surface area contributed by atoms with E-state index in [9.17, 15) is 5.11 Å². The number of nitrogens with one attached hydrogen (secondary N) is 1. The molecule has 1 unspecified atom stereocenters. The highest BCUT2D eigenvalue weighted by atomic mass is 16.5. The van der Waals surface area contributed by atoms with Crippen LogP contribution in [-0.4, -0.2) is 23.3 Å². The molecule has 27 heavy (non-hydrogen) atoms. The lowest BCUT2D eigenvalue weighted by Crippen LogP contribution is -2.36. The van der Waals surface area contributed by atoms with Gasteiger partial charge in [0.25, 0.3) is 0 Å². The van der Waals surface area contributed by atoms with Crippen molar-refractivity contribution in [1.29, 1.82) is 0 Å². The maximum Gasteiger partial charge on any atom is 0.110 e. The third kappa shape index (κ3) is 2.99. The van der Waals surface area contributed by atoms with Crippen LogP contribution in [0, 0.1) is 0 Å². The highest BCUT2D eigenvalue weighted by Crippen LogP contribution is 2.43. The number of aromatic amines is 1. The monoisotopic (exact) mass is 363 g/mol. The molecule has 0 amide bonds. The summed E-state index contributed by atoms with van der Waals surface area (Å²) < 4.78 is 6.24. The Balaban J connectivity index is 1.99. The lowest BCUT2D eigenvalue weighted by Gasteiger charge is -2.36. The lowest BCUT2D eigenvalue weighted by atomic mass is 9.86. The fourth-order valence-electron chi connectivity index (χ4n) is 4.53. The molecule has 1 aromatic heterocycles. The standard InChI is InChI=1S/C24H29NO2/c1-4-24(11-12-26)23-19(10-13-27-24)21-15-18(17-8-6-5-7-9-17)14-20(16(2)3)22(21)25-23/h5-9,14-16,25-26H,4,10-13H2,1-3H3. The number of aliphatic hydroxyl groups excluding tert-OH is 1. The minimum Gasteiger partial charge on any atom is -0.396 e. The molecule has 3 heteroatoms. The van der Waals surface area contributed by atoms with Crippen molar-refractivity contribution in [3.8, 4) is 11.1 Å². The maximum atomic E-state index is 9.66. The molecule has 3 nitrogen and oxygen atoms in total. The summed E-state index contributed by atoms with van der Waals surface area (Å²) in [5.41, 5.74) is 7.23. The smallest absolute Gasteiger partial charge is 0.110 e. The minimum atomic E-state index is -0.400. The first-order valence-electron chi connectivity index (χ1n) is 10.1. The van der Waals surface area contributed by atoms with E-state index in [0.29, 0.717) is 18.9 Å². The summed E-state index contributed by atoms with van der Waals surface area (Å²) in [5, 5.41) is 11.0. The number of hydrogen-bond donors (Lipinski definition) is 2.